The molecule has 0 aromatic heterocycles. The van der Waals surface area contributed by atoms with Crippen LogP contribution in [0.25, 0.3) is 0 Å². The monoisotopic (exact) mass is 483 g/mol. The molecule has 0 unspecified atom stereocenters. The van der Waals surface area contributed by atoms with Crippen molar-refractivity contribution in [2.45, 2.75) is 25.5 Å². The largest absolute Gasteiger partial charge is 0.326 e. The third-order valence-corrected chi connectivity index (χ3v) is 7.47. The number of benzene rings is 2. The van der Waals surface area contributed by atoms with Gasteiger partial charge in [0.25, 0.3) is 0 Å². The zero-order chi connectivity index (χ0) is 22.6. The van der Waals surface area contributed by atoms with Crippen molar-refractivity contribution in [3.63, 3.8) is 0 Å². The van der Waals surface area contributed by atoms with Gasteiger partial charge in [0, 0.05) is 47.0 Å². The second-order valence-corrected chi connectivity index (χ2v) is 10.2. The molecule has 2 aromatic rings. The van der Waals surface area contributed by atoms with Crippen molar-refractivity contribution < 1.29 is 18.0 Å². The maximum absolute atomic E-state index is 13.0. The van der Waals surface area contributed by atoms with Crippen LogP contribution in [0.5, 0.6) is 0 Å². The Morgan fingerprint density at radius 3 is 2.32 bits per heavy atom. The van der Waals surface area contributed by atoms with Gasteiger partial charge in [-0.2, -0.15) is 0 Å². The first kappa shape index (κ1) is 23.5. The van der Waals surface area contributed by atoms with Crippen LogP contribution in [0, 0.1) is 5.92 Å². The molecule has 7 nitrogen and oxygen atoms in total. The quantitative estimate of drug-likeness (QED) is 0.645. The first-order valence-corrected chi connectivity index (χ1v) is 12.1. The van der Waals surface area contributed by atoms with Crippen molar-refractivity contribution in [3.8, 4) is 0 Å². The number of nitrogens with one attached hydrogen (secondary N) is 2. The standard InChI is InChI=1S/C21H23Cl2N3O4S/c1-14(27)24-16-6-2-7-17(11-16)25-21(28)15-5-4-10-26(12-15)31(29,30)13-18-19(22)8-3-9-20(18)23/h2-3,6-9,11,15H,4-5,10,12-13H2,1H3,(H,24,27)(H,25,28)/t15-/m1/s1. The maximum atomic E-state index is 13.0. The lowest BCUT2D eigenvalue weighted by molar-refractivity contribution is -0.121. The smallest absolute Gasteiger partial charge is 0.228 e. The molecule has 0 saturated carbocycles. The van der Waals surface area contributed by atoms with Crippen molar-refractivity contribution in [2.75, 3.05) is 23.7 Å². The fourth-order valence-corrected chi connectivity index (χ4v) is 5.84. The van der Waals surface area contributed by atoms with E-state index in [1.807, 2.05) is 0 Å². The zero-order valence-electron chi connectivity index (χ0n) is 16.9. The number of rotatable bonds is 6. The van der Waals surface area contributed by atoms with Gasteiger partial charge < -0.3 is 10.6 Å². The van der Waals surface area contributed by atoms with E-state index >= 15 is 0 Å². The number of amides is 2. The lowest BCUT2D eigenvalue weighted by Gasteiger charge is -2.31. The van der Waals surface area contributed by atoms with E-state index in [0.717, 1.165) is 0 Å². The van der Waals surface area contributed by atoms with Crippen LogP contribution < -0.4 is 10.6 Å². The molecule has 1 atom stereocenters. The first-order valence-electron chi connectivity index (χ1n) is 9.75. The molecule has 10 heteroatoms. The van der Waals surface area contributed by atoms with E-state index in [1.54, 1.807) is 42.5 Å². The number of halogens is 2. The molecule has 0 spiro atoms. The Kier molecular flexibility index (Phi) is 7.59. The van der Waals surface area contributed by atoms with E-state index in [4.69, 9.17) is 23.2 Å². The number of piperidine rings is 1. The molecule has 0 radical (unpaired) electrons. The zero-order valence-corrected chi connectivity index (χ0v) is 19.2. The molecule has 31 heavy (non-hydrogen) atoms. The summed E-state index contributed by atoms with van der Waals surface area (Å²) in [5.41, 5.74) is 1.45. The van der Waals surface area contributed by atoms with Gasteiger partial charge in [0.1, 0.15) is 0 Å². The minimum atomic E-state index is -3.70. The predicted molar refractivity (Wildman–Crippen MR) is 123 cm³/mol. The van der Waals surface area contributed by atoms with E-state index in [2.05, 4.69) is 10.6 Å². The lowest BCUT2D eigenvalue weighted by Crippen LogP contribution is -2.44. The topological polar surface area (TPSA) is 95.6 Å². The Bertz CT molecular complexity index is 1070. The Labute approximate surface area is 191 Å². The summed E-state index contributed by atoms with van der Waals surface area (Å²) in [6.45, 7) is 1.83. The Morgan fingerprint density at radius 2 is 1.68 bits per heavy atom. The highest BCUT2D eigenvalue weighted by Crippen LogP contribution is 2.29. The van der Waals surface area contributed by atoms with Gasteiger partial charge in [-0.1, -0.05) is 35.3 Å². The Morgan fingerprint density at radius 1 is 1.06 bits per heavy atom. The molecule has 1 fully saturated rings. The van der Waals surface area contributed by atoms with Crippen LogP contribution in [-0.2, 0) is 25.4 Å². The van der Waals surface area contributed by atoms with Crippen molar-refractivity contribution in [1.29, 1.82) is 0 Å². The summed E-state index contributed by atoms with van der Waals surface area (Å²) in [6.07, 6.45) is 1.15. The third kappa shape index (κ3) is 6.20. The van der Waals surface area contributed by atoms with Crippen LogP contribution in [0.4, 0.5) is 11.4 Å². The SMILES string of the molecule is CC(=O)Nc1cccc(NC(=O)[C@@H]2CCCN(S(=O)(=O)Cc3c(Cl)cccc3Cl)C2)c1. The summed E-state index contributed by atoms with van der Waals surface area (Å²) in [6, 6.07) is 11.6. The normalized spacial score (nSPS) is 17.2. The lowest BCUT2D eigenvalue weighted by atomic mass is 9.98. The highest BCUT2D eigenvalue weighted by Gasteiger charge is 2.33. The van der Waals surface area contributed by atoms with Crippen molar-refractivity contribution in [3.05, 3.63) is 58.1 Å². The second-order valence-electron chi connectivity index (χ2n) is 7.40. The Hall–Kier alpha value is -2.13. The fourth-order valence-electron chi connectivity index (χ4n) is 3.48. The molecule has 1 aliphatic rings. The van der Waals surface area contributed by atoms with Gasteiger partial charge in [-0.3, -0.25) is 9.59 Å². The summed E-state index contributed by atoms with van der Waals surface area (Å²) >= 11 is 12.3. The molecule has 1 aliphatic heterocycles. The molecule has 1 saturated heterocycles. The van der Waals surface area contributed by atoms with Crippen LogP contribution in [0.2, 0.25) is 10.0 Å². The second kappa shape index (κ2) is 9.99. The van der Waals surface area contributed by atoms with Crippen molar-refractivity contribution >= 4 is 56.4 Å². The van der Waals surface area contributed by atoms with Crippen molar-refractivity contribution in [1.82, 2.24) is 4.31 Å². The number of hydrogen-bond acceptors (Lipinski definition) is 4. The van der Waals surface area contributed by atoms with E-state index in [0.29, 0.717) is 46.4 Å². The van der Waals surface area contributed by atoms with Crippen LogP contribution in [0.3, 0.4) is 0 Å². The highest BCUT2D eigenvalue weighted by molar-refractivity contribution is 7.88. The van der Waals surface area contributed by atoms with Gasteiger partial charge in [0.05, 0.1) is 11.7 Å². The number of carbonyl (C=O) groups is 2. The molecule has 0 aliphatic carbocycles. The molecule has 2 N–H and O–H groups in total. The van der Waals surface area contributed by atoms with Gasteiger partial charge in [0.15, 0.2) is 0 Å². The molecule has 1 heterocycles. The van der Waals surface area contributed by atoms with Crippen LogP contribution in [0.15, 0.2) is 42.5 Å². The summed E-state index contributed by atoms with van der Waals surface area (Å²) in [5.74, 6) is -1.29. The number of hydrogen-bond donors (Lipinski definition) is 2. The van der Waals surface area contributed by atoms with Gasteiger partial charge >= 0.3 is 0 Å². The predicted octanol–water partition coefficient (Wildman–Crippen LogP) is 4.13. The number of nitrogens with zero attached hydrogens (tertiary/aromatic N) is 1. The molecule has 166 valence electrons. The van der Waals surface area contributed by atoms with Crippen molar-refractivity contribution in [2.24, 2.45) is 5.92 Å². The van der Waals surface area contributed by atoms with Crippen LogP contribution >= 0.6 is 23.2 Å². The van der Waals surface area contributed by atoms with E-state index in [9.17, 15) is 18.0 Å². The summed E-state index contributed by atoms with van der Waals surface area (Å²) < 4.78 is 27.3. The summed E-state index contributed by atoms with van der Waals surface area (Å²) in [5, 5.41) is 6.06. The summed E-state index contributed by atoms with van der Waals surface area (Å²) in [4.78, 5) is 24.0. The minimum absolute atomic E-state index is 0.0849. The van der Waals surface area contributed by atoms with Crippen LogP contribution in [-0.4, -0.2) is 37.6 Å². The average molecular weight is 484 g/mol. The van der Waals surface area contributed by atoms with Gasteiger partial charge in [0.2, 0.25) is 21.8 Å². The average Bonchev–Trinajstić information content (AvgIpc) is 2.71. The maximum Gasteiger partial charge on any atom is 0.228 e. The summed E-state index contributed by atoms with van der Waals surface area (Å²) in [7, 11) is -3.70. The van der Waals surface area contributed by atoms with E-state index in [1.165, 1.54) is 11.2 Å². The molecule has 2 amide bonds. The van der Waals surface area contributed by atoms with Gasteiger partial charge in [-0.25, -0.2) is 12.7 Å². The molecule has 0 bridgehead atoms. The number of anilines is 2. The fraction of sp³-hybridized carbons (Fsp3) is 0.333. The van der Waals surface area contributed by atoms with Gasteiger partial charge in [-0.15, -0.1) is 0 Å². The first-order chi connectivity index (χ1) is 14.7. The van der Waals surface area contributed by atoms with Crippen LogP contribution in [0.1, 0.15) is 25.3 Å². The molecule has 3 rings (SSSR count). The molecule has 2 aromatic carbocycles. The van der Waals surface area contributed by atoms with E-state index in [-0.39, 0.29) is 24.1 Å². The van der Waals surface area contributed by atoms with Gasteiger partial charge in [-0.05, 0) is 43.2 Å². The minimum Gasteiger partial charge on any atom is -0.326 e. The van der Waals surface area contributed by atoms with E-state index < -0.39 is 15.9 Å². The number of sulfonamides is 1. The Balaban J connectivity index is 1.68. The highest BCUT2D eigenvalue weighted by atomic mass is 35.5. The third-order valence-electron chi connectivity index (χ3n) is 4.99. The molecular weight excluding hydrogens is 461 g/mol. The number of carbonyl (C=O) groups excluding carboxylic acids is 2. The molecular formula is C21H23Cl2N3O4S.